The second-order valence-corrected chi connectivity index (χ2v) is 8.45. The molecule has 1 fully saturated rings. The van der Waals surface area contributed by atoms with E-state index in [0.29, 0.717) is 29.7 Å². The number of carbonyl (C=O) groups is 2. The van der Waals surface area contributed by atoms with Crippen molar-refractivity contribution in [2.24, 2.45) is 5.92 Å². The average Bonchev–Trinajstić information content (AvgIpc) is 3.18. The maximum Gasteiger partial charge on any atom is 0.229 e. The lowest BCUT2D eigenvalue weighted by molar-refractivity contribution is -0.122. The molecule has 1 aliphatic rings. The maximum absolute atomic E-state index is 12.9. The molecule has 0 spiro atoms. The van der Waals surface area contributed by atoms with Crippen LogP contribution in [0.2, 0.25) is 0 Å². The predicted molar refractivity (Wildman–Crippen MR) is 124 cm³/mol. The number of nitrogens with one attached hydrogen (secondary N) is 1. The number of amides is 2. The Morgan fingerprint density at radius 1 is 1.19 bits per heavy atom. The van der Waals surface area contributed by atoms with Gasteiger partial charge in [0.25, 0.3) is 0 Å². The number of aryl methyl sites for hydroxylation is 1. The highest BCUT2D eigenvalue weighted by atomic mass is 32.2. The van der Waals surface area contributed by atoms with Gasteiger partial charge in [0.05, 0.1) is 18.2 Å². The molecule has 0 bridgehead atoms. The van der Waals surface area contributed by atoms with E-state index in [0.717, 1.165) is 16.1 Å². The van der Waals surface area contributed by atoms with Crippen molar-refractivity contribution in [3.05, 3.63) is 66.5 Å². The zero-order chi connectivity index (χ0) is 22.5. The summed E-state index contributed by atoms with van der Waals surface area (Å²) in [5.41, 5.74) is 2.37. The van der Waals surface area contributed by atoms with Gasteiger partial charge in [-0.05, 0) is 67.6 Å². The molecule has 1 unspecified atom stereocenters. The van der Waals surface area contributed by atoms with Gasteiger partial charge in [0.2, 0.25) is 11.8 Å². The maximum atomic E-state index is 12.9. The molecular formula is C24H24N4O3S. The number of ether oxygens (including phenoxy) is 1. The monoisotopic (exact) mass is 448 g/mol. The number of carbonyl (C=O) groups excluding carboxylic acids is 2. The topological polar surface area (TPSA) is 84.4 Å². The molecule has 32 heavy (non-hydrogen) atoms. The fourth-order valence-corrected chi connectivity index (χ4v) is 4.40. The quantitative estimate of drug-likeness (QED) is 0.542. The number of rotatable bonds is 7. The van der Waals surface area contributed by atoms with E-state index in [9.17, 15) is 9.59 Å². The zero-order valence-electron chi connectivity index (χ0n) is 17.9. The molecule has 1 atom stereocenters. The molecule has 0 saturated carbocycles. The number of hydrogen-bond donors (Lipinski definition) is 1. The van der Waals surface area contributed by atoms with E-state index in [2.05, 4.69) is 15.3 Å². The molecule has 164 valence electrons. The fourth-order valence-electron chi connectivity index (χ4n) is 3.59. The van der Waals surface area contributed by atoms with E-state index in [1.807, 2.05) is 56.3 Å². The SMILES string of the molecule is CCOc1ccccc1N1CC(C(=O)Nc2ccc(Sc3ncccn3)cc2C)CC1=O. The van der Waals surface area contributed by atoms with E-state index >= 15 is 0 Å². The minimum Gasteiger partial charge on any atom is -0.492 e. The molecule has 2 amide bonds. The second kappa shape index (κ2) is 9.82. The van der Waals surface area contributed by atoms with Gasteiger partial charge in [0.15, 0.2) is 5.16 Å². The van der Waals surface area contributed by atoms with Gasteiger partial charge in [0, 0.05) is 35.9 Å². The van der Waals surface area contributed by atoms with Crippen LogP contribution >= 0.6 is 11.8 Å². The Morgan fingerprint density at radius 3 is 2.72 bits per heavy atom. The van der Waals surface area contributed by atoms with Crippen molar-refractivity contribution >= 4 is 35.0 Å². The first kappa shape index (κ1) is 21.8. The number of aromatic nitrogens is 2. The van der Waals surface area contributed by atoms with Crippen LogP contribution in [-0.2, 0) is 9.59 Å². The Bertz CT molecular complexity index is 1120. The number of hydrogen-bond acceptors (Lipinski definition) is 6. The van der Waals surface area contributed by atoms with Crippen LogP contribution < -0.4 is 15.0 Å². The third-order valence-electron chi connectivity index (χ3n) is 5.16. The molecule has 7 nitrogen and oxygen atoms in total. The van der Waals surface area contributed by atoms with Gasteiger partial charge >= 0.3 is 0 Å². The van der Waals surface area contributed by atoms with Gasteiger partial charge in [-0.2, -0.15) is 0 Å². The number of nitrogens with zero attached hydrogens (tertiary/aromatic N) is 3. The molecular weight excluding hydrogens is 424 g/mol. The molecule has 1 N–H and O–H groups in total. The first-order chi connectivity index (χ1) is 15.5. The second-order valence-electron chi connectivity index (χ2n) is 7.41. The lowest BCUT2D eigenvalue weighted by Gasteiger charge is -2.20. The van der Waals surface area contributed by atoms with Crippen LogP contribution in [-0.4, -0.2) is 34.9 Å². The fraction of sp³-hybridized carbons (Fsp3) is 0.250. The third-order valence-corrected chi connectivity index (χ3v) is 6.04. The van der Waals surface area contributed by atoms with Gasteiger partial charge in [-0.15, -0.1) is 0 Å². The lowest BCUT2D eigenvalue weighted by atomic mass is 10.1. The first-order valence-corrected chi connectivity index (χ1v) is 11.3. The van der Waals surface area contributed by atoms with Crippen molar-refractivity contribution in [2.45, 2.75) is 30.3 Å². The van der Waals surface area contributed by atoms with Crippen LogP contribution in [0.15, 0.2) is 71.0 Å². The molecule has 1 aliphatic heterocycles. The zero-order valence-corrected chi connectivity index (χ0v) is 18.8. The molecule has 2 heterocycles. The Hall–Kier alpha value is -3.39. The molecule has 0 aliphatic carbocycles. The van der Waals surface area contributed by atoms with Crippen molar-refractivity contribution in [1.82, 2.24) is 9.97 Å². The van der Waals surface area contributed by atoms with Gasteiger partial charge in [-0.3, -0.25) is 9.59 Å². The minimum atomic E-state index is -0.427. The van der Waals surface area contributed by atoms with E-state index in [1.165, 1.54) is 11.8 Å². The summed E-state index contributed by atoms with van der Waals surface area (Å²) in [6.07, 6.45) is 3.58. The summed E-state index contributed by atoms with van der Waals surface area (Å²) in [4.78, 5) is 36.7. The molecule has 2 aromatic carbocycles. The third kappa shape index (κ3) is 4.91. The highest BCUT2D eigenvalue weighted by molar-refractivity contribution is 7.99. The number of benzene rings is 2. The summed E-state index contributed by atoms with van der Waals surface area (Å²) in [7, 11) is 0. The van der Waals surface area contributed by atoms with Gasteiger partial charge in [-0.25, -0.2) is 9.97 Å². The summed E-state index contributed by atoms with van der Waals surface area (Å²) in [6, 6.07) is 15.0. The summed E-state index contributed by atoms with van der Waals surface area (Å²) in [5.74, 6) is -0.0210. The molecule has 3 aromatic rings. The lowest BCUT2D eigenvalue weighted by Crippen LogP contribution is -2.28. The summed E-state index contributed by atoms with van der Waals surface area (Å²) < 4.78 is 5.65. The Balaban J connectivity index is 1.43. The van der Waals surface area contributed by atoms with Crippen molar-refractivity contribution in [3.63, 3.8) is 0 Å². The standard InChI is InChI=1S/C24H24N4O3S/c1-3-31-21-8-5-4-7-20(21)28-15-17(14-22(28)29)23(30)27-19-10-9-18(13-16(19)2)32-24-25-11-6-12-26-24/h4-13,17H,3,14-15H2,1-2H3,(H,27,30). The summed E-state index contributed by atoms with van der Waals surface area (Å²) in [5, 5.41) is 3.65. The van der Waals surface area contributed by atoms with E-state index in [4.69, 9.17) is 4.74 Å². The normalized spacial score (nSPS) is 15.6. The van der Waals surface area contributed by atoms with E-state index in [1.54, 1.807) is 23.4 Å². The van der Waals surface area contributed by atoms with Gasteiger partial charge in [-0.1, -0.05) is 12.1 Å². The van der Waals surface area contributed by atoms with Gasteiger partial charge < -0.3 is 15.0 Å². The Labute approximate surface area is 191 Å². The highest BCUT2D eigenvalue weighted by Gasteiger charge is 2.36. The van der Waals surface area contributed by atoms with E-state index < -0.39 is 5.92 Å². The number of anilines is 2. The predicted octanol–water partition coefficient (Wildman–Crippen LogP) is 4.33. The summed E-state index contributed by atoms with van der Waals surface area (Å²) >= 11 is 1.46. The highest BCUT2D eigenvalue weighted by Crippen LogP contribution is 2.34. The molecule has 0 radical (unpaired) electrons. The van der Waals surface area contributed by atoms with Crippen LogP contribution in [0, 0.1) is 12.8 Å². The van der Waals surface area contributed by atoms with Crippen LogP contribution in [0.3, 0.4) is 0 Å². The molecule has 1 aromatic heterocycles. The van der Waals surface area contributed by atoms with Crippen LogP contribution in [0.5, 0.6) is 5.75 Å². The Morgan fingerprint density at radius 2 is 1.97 bits per heavy atom. The number of para-hydroxylation sites is 2. The van der Waals surface area contributed by atoms with Crippen LogP contribution in [0.4, 0.5) is 11.4 Å². The molecule has 8 heteroatoms. The van der Waals surface area contributed by atoms with Crippen molar-refractivity contribution in [1.29, 1.82) is 0 Å². The summed E-state index contributed by atoms with van der Waals surface area (Å²) in [6.45, 7) is 4.67. The van der Waals surface area contributed by atoms with Crippen molar-refractivity contribution in [2.75, 3.05) is 23.4 Å². The molecule has 1 saturated heterocycles. The smallest absolute Gasteiger partial charge is 0.229 e. The minimum absolute atomic E-state index is 0.0800. The Kier molecular flexibility index (Phi) is 6.70. The van der Waals surface area contributed by atoms with Crippen LogP contribution in [0.1, 0.15) is 18.9 Å². The largest absolute Gasteiger partial charge is 0.492 e. The van der Waals surface area contributed by atoms with Crippen molar-refractivity contribution in [3.8, 4) is 5.75 Å². The van der Waals surface area contributed by atoms with Crippen LogP contribution in [0.25, 0.3) is 0 Å². The average molecular weight is 449 g/mol. The van der Waals surface area contributed by atoms with Crippen molar-refractivity contribution < 1.29 is 14.3 Å². The molecule has 4 rings (SSSR count). The van der Waals surface area contributed by atoms with E-state index in [-0.39, 0.29) is 18.2 Å². The first-order valence-electron chi connectivity index (χ1n) is 10.4. The van der Waals surface area contributed by atoms with Gasteiger partial charge in [0.1, 0.15) is 5.75 Å².